The van der Waals surface area contributed by atoms with Crippen molar-refractivity contribution >= 4 is 17.8 Å². The van der Waals surface area contributed by atoms with Gasteiger partial charge in [0.1, 0.15) is 0 Å². The molecule has 0 aliphatic carbocycles. The number of aryl methyl sites for hydroxylation is 1. The fourth-order valence-electron chi connectivity index (χ4n) is 2.17. The molecule has 0 saturated heterocycles. The van der Waals surface area contributed by atoms with Gasteiger partial charge in [-0.3, -0.25) is 4.79 Å². The highest BCUT2D eigenvalue weighted by Gasteiger charge is 2.18. The summed E-state index contributed by atoms with van der Waals surface area (Å²) in [6.45, 7) is 1.91. The van der Waals surface area contributed by atoms with Crippen LogP contribution in [0, 0.1) is 6.92 Å². The van der Waals surface area contributed by atoms with Gasteiger partial charge in [-0.2, -0.15) is 0 Å². The molecule has 1 atom stereocenters. The van der Waals surface area contributed by atoms with E-state index in [0.717, 1.165) is 11.1 Å². The number of amides is 3. The average molecular weight is 314 g/mol. The van der Waals surface area contributed by atoms with Gasteiger partial charge in [0.05, 0.1) is 12.5 Å². The maximum atomic E-state index is 12.2. The number of nitrogens with two attached hydrogens (primary N) is 1. The molecule has 0 aliphatic rings. The number of benzene rings is 1. The SMILES string of the molecule is Cc1cccc([C@H](CC(=O)Nc2ncccc2O)NC(N)=O)c1. The highest BCUT2D eigenvalue weighted by Crippen LogP contribution is 2.21. The van der Waals surface area contributed by atoms with Crippen LogP contribution in [0.3, 0.4) is 0 Å². The maximum Gasteiger partial charge on any atom is 0.312 e. The Morgan fingerprint density at radius 1 is 1.30 bits per heavy atom. The molecule has 1 aromatic carbocycles. The summed E-state index contributed by atoms with van der Waals surface area (Å²) in [5.41, 5.74) is 6.96. The van der Waals surface area contributed by atoms with E-state index < -0.39 is 18.0 Å². The summed E-state index contributed by atoms with van der Waals surface area (Å²) in [4.78, 5) is 27.2. The quantitative estimate of drug-likeness (QED) is 0.673. The lowest BCUT2D eigenvalue weighted by atomic mass is 10.0. The van der Waals surface area contributed by atoms with E-state index in [9.17, 15) is 14.7 Å². The first-order valence-electron chi connectivity index (χ1n) is 7.02. The molecule has 3 amide bonds. The monoisotopic (exact) mass is 314 g/mol. The Labute approximate surface area is 133 Å². The van der Waals surface area contributed by atoms with Gasteiger partial charge in [0.2, 0.25) is 5.91 Å². The third kappa shape index (κ3) is 4.70. The molecule has 7 heteroatoms. The predicted octanol–water partition coefficient (Wildman–Crippen LogP) is 1.83. The molecule has 0 fully saturated rings. The highest BCUT2D eigenvalue weighted by atomic mass is 16.3. The first-order valence-corrected chi connectivity index (χ1v) is 7.02. The van der Waals surface area contributed by atoms with Crippen molar-refractivity contribution in [2.45, 2.75) is 19.4 Å². The number of pyridine rings is 1. The van der Waals surface area contributed by atoms with Crippen molar-refractivity contribution in [2.75, 3.05) is 5.32 Å². The molecule has 0 spiro atoms. The van der Waals surface area contributed by atoms with Gasteiger partial charge >= 0.3 is 6.03 Å². The number of hydrogen-bond donors (Lipinski definition) is 4. The topological polar surface area (TPSA) is 117 Å². The molecule has 7 nitrogen and oxygen atoms in total. The van der Waals surface area contributed by atoms with E-state index in [4.69, 9.17) is 5.73 Å². The van der Waals surface area contributed by atoms with E-state index in [-0.39, 0.29) is 18.0 Å². The number of hydrogen-bond acceptors (Lipinski definition) is 4. The molecule has 0 unspecified atom stereocenters. The second-order valence-corrected chi connectivity index (χ2v) is 5.10. The summed E-state index contributed by atoms with van der Waals surface area (Å²) in [5.74, 6) is -0.463. The number of primary amides is 1. The van der Waals surface area contributed by atoms with Crippen LogP contribution in [0.25, 0.3) is 0 Å². The minimum Gasteiger partial charge on any atom is -0.504 e. The standard InChI is InChI=1S/C16H18N4O3/c1-10-4-2-5-11(8-10)12(19-16(17)23)9-14(22)20-15-13(21)6-3-7-18-15/h2-8,12,21H,9H2,1H3,(H3,17,19,23)(H,18,20,22)/t12-/m0/s1. The van der Waals surface area contributed by atoms with Crippen molar-refractivity contribution in [3.63, 3.8) is 0 Å². The highest BCUT2D eigenvalue weighted by molar-refractivity contribution is 5.91. The van der Waals surface area contributed by atoms with Gasteiger partial charge in [-0.05, 0) is 24.6 Å². The third-order valence-corrected chi connectivity index (χ3v) is 3.19. The molecular formula is C16H18N4O3. The van der Waals surface area contributed by atoms with Crippen molar-refractivity contribution in [2.24, 2.45) is 5.73 Å². The summed E-state index contributed by atoms with van der Waals surface area (Å²) in [6.07, 6.45) is 1.41. The number of nitrogens with zero attached hydrogens (tertiary/aromatic N) is 1. The minimum atomic E-state index is -0.718. The van der Waals surface area contributed by atoms with Crippen molar-refractivity contribution in [1.29, 1.82) is 0 Å². The molecule has 1 aromatic heterocycles. The summed E-state index contributed by atoms with van der Waals surface area (Å²) in [5, 5.41) is 14.7. The molecule has 23 heavy (non-hydrogen) atoms. The van der Waals surface area contributed by atoms with Gasteiger partial charge in [-0.25, -0.2) is 9.78 Å². The second-order valence-electron chi connectivity index (χ2n) is 5.10. The minimum absolute atomic E-state index is 0.0393. The molecule has 0 aliphatic heterocycles. The molecule has 1 heterocycles. The number of nitrogens with one attached hydrogen (secondary N) is 2. The molecule has 0 saturated carbocycles. The van der Waals surface area contributed by atoms with Crippen molar-refractivity contribution in [1.82, 2.24) is 10.3 Å². The summed E-state index contributed by atoms with van der Waals surface area (Å²) in [7, 11) is 0. The second kappa shape index (κ2) is 7.26. The zero-order valence-electron chi connectivity index (χ0n) is 12.6. The number of carbonyl (C=O) groups is 2. The van der Waals surface area contributed by atoms with E-state index in [1.54, 1.807) is 12.1 Å². The number of urea groups is 1. The van der Waals surface area contributed by atoms with Gasteiger partial charge in [-0.1, -0.05) is 29.8 Å². The van der Waals surface area contributed by atoms with E-state index >= 15 is 0 Å². The maximum absolute atomic E-state index is 12.2. The molecule has 0 radical (unpaired) electrons. The molecular weight excluding hydrogens is 296 g/mol. The Morgan fingerprint density at radius 3 is 2.74 bits per heavy atom. The lowest BCUT2D eigenvalue weighted by Gasteiger charge is -2.18. The van der Waals surface area contributed by atoms with Crippen LogP contribution >= 0.6 is 0 Å². The van der Waals surface area contributed by atoms with Gasteiger partial charge < -0.3 is 21.5 Å². The van der Waals surface area contributed by atoms with Crippen molar-refractivity contribution in [3.05, 3.63) is 53.7 Å². The van der Waals surface area contributed by atoms with Crippen molar-refractivity contribution < 1.29 is 14.7 Å². The van der Waals surface area contributed by atoms with Crippen LogP contribution in [-0.2, 0) is 4.79 Å². The van der Waals surface area contributed by atoms with Gasteiger partial charge in [0, 0.05) is 6.20 Å². The molecule has 120 valence electrons. The lowest BCUT2D eigenvalue weighted by Crippen LogP contribution is -2.35. The van der Waals surface area contributed by atoms with Gasteiger partial charge in [0.25, 0.3) is 0 Å². The number of aromatic hydroxyl groups is 1. The Hall–Kier alpha value is -3.09. The van der Waals surface area contributed by atoms with E-state index in [1.807, 2.05) is 25.1 Å². The normalized spacial score (nSPS) is 11.5. The third-order valence-electron chi connectivity index (χ3n) is 3.19. The van der Waals surface area contributed by atoms with E-state index in [1.165, 1.54) is 12.3 Å². The van der Waals surface area contributed by atoms with Gasteiger partial charge in [0.15, 0.2) is 11.6 Å². The first-order chi connectivity index (χ1) is 11.0. The van der Waals surface area contributed by atoms with Crippen LogP contribution in [-0.4, -0.2) is 22.0 Å². The number of anilines is 1. The summed E-state index contributed by atoms with van der Waals surface area (Å²) < 4.78 is 0. The largest absolute Gasteiger partial charge is 0.504 e. The fourth-order valence-corrected chi connectivity index (χ4v) is 2.17. The van der Waals surface area contributed by atoms with E-state index in [2.05, 4.69) is 15.6 Å². The summed E-state index contributed by atoms with van der Waals surface area (Å²) >= 11 is 0. The van der Waals surface area contributed by atoms with Crippen LogP contribution in [0.5, 0.6) is 5.75 Å². The van der Waals surface area contributed by atoms with Crippen LogP contribution in [0.4, 0.5) is 10.6 Å². The summed E-state index contributed by atoms with van der Waals surface area (Å²) in [6, 6.07) is 9.10. The number of aromatic nitrogens is 1. The first kappa shape index (κ1) is 16.3. The molecule has 0 bridgehead atoms. The van der Waals surface area contributed by atoms with Crippen LogP contribution in [0.15, 0.2) is 42.6 Å². The molecule has 5 N–H and O–H groups in total. The lowest BCUT2D eigenvalue weighted by molar-refractivity contribution is -0.116. The Morgan fingerprint density at radius 2 is 2.09 bits per heavy atom. The number of carbonyl (C=O) groups excluding carboxylic acids is 2. The van der Waals surface area contributed by atoms with E-state index in [0.29, 0.717) is 0 Å². The Balaban J connectivity index is 2.13. The average Bonchev–Trinajstić information content (AvgIpc) is 2.48. The molecule has 2 rings (SSSR count). The smallest absolute Gasteiger partial charge is 0.312 e. The zero-order valence-corrected chi connectivity index (χ0v) is 12.6. The Bertz CT molecular complexity index is 718. The van der Waals surface area contributed by atoms with Crippen LogP contribution < -0.4 is 16.4 Å². The van der Waals surface area contributed by atoms with Gasteiger partial charge in [-0.15, -0.1) is 0 Å². The Kier molecular flexibility index (Phi) is 5.14. The van der Waals surface area contributed by atoms with Crippen LogP contribution in [0.1, 0.15) is 23.6 Å². The zero-order chi connectivity index (χ0) is 16.8. The molecule has 2 aromatic rings. The van der Waals surface area contributed by atoms with Crippen molar-refractivity contribution in [3.8, 4) is 5.75 Å². The number of rotatable bonds is 5. The fraction of sp³-hybridized carbons (Fsp3) is 0.188. The predicted molar refractivity (Wildman–Crippen MR) is 85.8 cm³/mol. The van der Waals surface area contributed by atoms with Crippen LogP contribution in [0.2, 0.25) is 0 Å².